The van der Waals surface area contributed by atoms with E-state index in [1.165, 1.54) is 37.3 Å². The number of carbonyl (C=O) groups excluding carboxylic acids is 2. The number of carboxylic acid groups (broad SMARTS) is 1. The molecule has 0 fully saturated rings. The van der Waals surface area contributed by atoms with Crippen LogP contribution in [0, 0.1) is 11.3 Å². The topological polar surface area (TPSA) is 119 Å². The van der Waals surface area contributed by atoms with Gasteiger partial charge in [-0.3, -0.25) is 0 Å². The molecule has 0 aliphatic carbocycles. The number of nitrogens with zero attached hydrogens (tertiary/aromatic N) is 2. The molecular weight excluding hydrogens is 515 g/mol. The average Bonchev–Trinajstić information content (AvgIpc) is 2.82. The van der Waals surface area contributed by atoms with Gasteiger partial charge in [-0.2, -0.15) is 18.4 Å². The van der Waals surface area contributed by atoms with E-state index >= 15 is 0 Å². The summed E-state index contributed by atoms with van der Waals surface area (Å²) in [6.45, 7) is 7.84. The molecule has 38 heavy (non-hydrogen) atoms. The lowest BCUT2D eigenvalue weighted by atomic mass is 9.80. The molecule has 2 aromatic rings. The normalized spacial score (nSPS) is 16.4. The number of hydrogen-bond donors (Lipinski definition) is 1. The van der Waals surface area contributed by atoms with Crippen LogP contribution in [0.5, 0.6) is 0 Å². The number of allylic oxidation sites excluding steroid dienone is 1. The Morgan fingerprint density at radius 2 is 1.76 bits per heavy atom. The second-order valence-electron chi connectivity index (χ2n) is 10.1. The van der Waals surface area contributed by atoms with Gasteiger partial charge in [0.2, 0.25) is 0 Å². The quantitative estimate of drug-likeness (QED) is 0.410. The fourth-order valence-corrected chi connectivity index (χ4v) is 4.89. The molecular formula is C27H27F3N3O4Si-. The largest absolute Gasteiger partial charge is 0.545 e. The number of nitriles is 1. The van der Waals surface area contributed by atoms with Crippen LogP contribution in [0.25, 0.3) is 0 Å². The molecule has 11 heteroatoms. The Bertz CT molecular complexity index is 1350. The zero-order valence-corrected chi connectivity index (χ0v) is 22.3. The number of carboxylic acids is 1. The number of alkyl halides is 3. The van der Waals surface area contributed by atoms with E-state index in [9.17, 15) is 27.9 Å². The smallest absolute Gasteiger partial charge is 0.416 e. The van der Waals surface area contributed by atoms with E-state index < -0.39 is 49.1 Å². The highest BCUT2D eigenvalue weighted by molar-refractivity contribution is 6.76. The molecule has 1 aliphatic rings. The lowest BCUT2D eigenvalue weighted by Crippen LogP contribution is -2.42. The standard InChI is InChI=1S/C27H28F3N3O4Si/c1-16-21(26(36)37-12-13-38(2,3)4)22(18-10-8-17(15-31)9-11-18)23(25(34)35)24(32)33(16)20-7-5-6-19(14-20)27(28,29)30/h5-11,14,22H,12-13,32H2,1-4H3,(H,34,35)/p-1. The Morgan fingerprint density at radius 3 is 2.29 bits per heavy atom. The maximum Gasteiger partial charge on any atom is 0.416 e. The third kappa shape index (κ3) is 6.08. The molecule has 2 N–H and O–H groups in total. The van der Waals surface area contributed by atoms with Crippen molar-refractivity contribution in [3.63, 3.8) is 0 Å². The number of nitrogens with two attached hydrogens (primary N) is 1. The van der Waals surface area contributed by atoms with Crippen molar-refractivity contribution in [1.29, 1.82) is 5.26 Å². The van der Waals surface area contributed by atoms with Gasteiger partial charge in [-0.15, -0.1) is 0 Å². The minimum absolute atomic E-state index is 0.0840. The molecule has 1 heterocycles. The molecule has 1 unspecified atom stereocenters. The summed E-state index contributed by atoms with van der Waals surface area (Å²) in [5, 5.41) is 21.6. The predicted octanol–water partition coefficient (Wildman–Crippen LogP) is 4.26. The summed E-state index contributed by atoms with van der Waals surface area (Å²) in [5.74, 6) is -4.16. The predicted molar refractivity (Wildman–Crippen MR) is 136 cm³/mol. The zero-order chi connectivity index (χ0) is 28.4. The van der Waals surface area contributed by atoms with Gasteiger partial charge in [0.25, 0.3) is 0 Å². The number of aliphatic carboxylic acids is 1. The summed E-state index contributed by atoms with van der Waals surface area (Å²) in [5.41, 5.74) is 5.36. The molecule has 0 amide bonds. The minimum atomic E-state index is -4.66. The summed E-state index contributed by atoms with van der Waals surface area (Å²) >= 11 is 0. The Balaban J connectivity index is 2.24. The fraction of sp³-hybridized carbons (Fsp3) is 0.296. The van der Waals surface area contributed by atoms with Gasteiger partial charge in [-0.1, -0.05) is 37.8 Å². The van der Waals surface area contributed by atoms with Crippen LogP contribution in [-0.4, -0.2) is 26.6 Å². The van der Waals surface area contributed by atoms with Crippen LogP contribution in [-0.2, 0) is 20.5 Å². The molecule has 0 bridgehead atoms. The van der Waals surface area contributed by atoms with Gasteiger partial charge < -0.3 is 25.3 Å². The van der Waals surface area contributed by atoms with Crippen LogP contribution >= 0.6 is 0 Å². The SMILES string of the molecule is CC1=C(C(=O)OCC[Si](C)(C)C)C(c2ccc(C#N)cc2)C(C(=O)[O-])=C(N)N1c1cccc(C(F)(F)F)c1. The van der Waals surface area contributed by atoms with E-state index in [0.717, 1.165) is 23.1 Å². The number of carbonyl (C=O) groups is 2. The molecule has 0 radical (unpaired) electrons. The van der Waals surface area contributed by atoms with Crippen LogP contribution in [0.4, 0.5) is 18.9 Å². The summed E-state index contributed by atoms with van der Waals surface area (Å²) < 4.78 is 45.9. The maximum absolute atomic E-state index is 13.5. The van der Waals surface area contributed by atoms with Gasteiger partial charge in [-0.05, 0) is 48.9 Å². The molecule has 0 spiro atoms. The van der Waals surface area contributed by atoms with Gasteiger partial charge in [0.1, 0.15) is 5.82 Å². The van der Waals surface area contributed by atoms with Gasteiger partial charge in [-0.25, -0.2) is 4.79 Å². The molecule has 7 nitrogen and oxygen atoms in total. The number of hydrogen-bond acceptors (Lipinski definition) is 7. The van der Waals surface area contributed by atoms with Crippen molar-refractivity contribution in [1.82, 2.24) is 0 Å². The zero-order valence-electron chi connectivity index (χ0n) is 21.3. The fourth-order valence-electron chi connectivity index (χ4n) is 4.18. The Hall–Kier alpha value is -4.04. The highest BCUT2D eigenvalue weighted by atomic mass is 28.3. The van der Waals surface area contributed by atoms with Crippen molar-refractivity contribution < 1.29 is 32.6 Å². The first-order valence-corrected chi connectivity index (χ1v) is 15.4. The summed E-state index contributed by atoms with van der Waals surface area (Å²) in [7, 11) is -1.59. The number of anilines is 1. The Kier molecular flexibility index (Phi) is 8.07. The molecule has 0 saturated carbocycles. The van der Waals surface area contributed by atoms with Crippen molar-refractivity contribution in [3.05, 3.63) is 87.9 Å². The molecule has 0 aromatic heterocycles. The number of benzene rings is 2. The lowest BCUT2D eigenvalue weighted by molar-refractivity contribution is -0.299. The third-order valence-corrected chi connectivity index (χ3v) is 7.85. The van der Waals surface area contributed by atoms with Crippen molar-refractivity contribution >= 4 is 25.7 Å². The van der Waals surface area contributed by atoms with E-state index in [4.69, 9.17) is 15.7 Å². The van der Waals surface area contributed by atoms with Gasteiger partial charge in [0.05, 0.1) is 35.3 Å². The molecule has 2 aromatic carbocycles. The highest BCUT2D eigenvalue weighted by Crippen LogP contribution is 2.43. The maximum atomic E-state index is 13.5. The van der Waals surface area contributed by atoms with Crippen LogP contribution < -0.4 is 15.7 Å². The molecule has 3 rings (SSSR count). The number of ether oxygens (including phenoxy) is 1. The van der Waals surface area contributed by atoms with E-state index in [2.05, 4.69) is 19.6 Å². The first kappa shape index (κ1) is 28.5. The van der Waals surface area contributed by atoms with Gasteiger partial charge in [0.15, 0.2) is 0 Å². The van der Waals surface area contributed by atoms with Crippen LogP contribution in [0.2, 0.25) is 25.7 Å². The summed E-state index contributed by atoms with van der Waals surface area (Å²) in [6, 6.07) is 12.7. The first-order valence-electron chi connectivity index (χ1n) is 11.7. The number of esters is 1. The van der Waals surface area contributed by atoms with Gasteiger partial charge in [0, 0.05) is 30.9 Å². The monoisotopic (exact) mass is 542 g/mol. The van der Waals surface area contributed by atoms with E-state index in [1.807, 2.05) is 6.07 Å². The molecule has 200 valence electrons. The van der Waals surface area contributed by atoms with Crippen molar-refractivity contribution in [2.45, 2.75) is 44.7 Å². The molecule has 1 atom stereocenters. The second kappa shape index (κ2) is 10.7. The van der Waals surface area contributed by atoms with Crippen LogP contribution in [0.1, 0.15) is 29.5 Å². The van der Waals surface area contributed by atoms with E-state index in [1.54, 1.807) is 0 Å². The highest BCUT2D eigenvalue weighted by Gasteiger charge is 2.39. The van der Waals surface area contributed by atoms with E-state index in [-0.39, 0.29) is 23.6 Å². The first-order chi connectivity index (χ1) is 17.7. The Morgan fingerprint density at radius 1 is 1.13 bits per heavy atom. The molecule has 1 aliphatic heterocycles. The average molecular weight is 543 g/mol. The Labute approximate surface area is 219 Å². The van der Waals surface area contributed by atoms with Crippen LogP contribution in [0.15, 0.2) is 71.2 Å². The molecule has 0 saturated heterocycles. The summed E-state index contributed by atoms with van der Waals surface area (Å²) in [6.07, 6.45) is -4.66. The number of rotatable bonds is 7. The summed E-state index contributed by atoms with van der Waals surface area (Å²) in [4.78, 5) is 27.0. The van der Waals surface area contributed by atoms with Crippen LogP contribution in [0.3, 0.4) is 0 Å². The second-order valence-corrected chi connectivity index (χ2v) is 15.7. The van der Waals surface area contributed by atoms with Gasteiger partial charge >= 0.3 is 12.1 Å². The van der Waals surface area contributed by atoms with Crippen molar-refractivity contribution in [2.75, 3.05) is 11.5 Å². The minimum Gasteiger partial charge on any atom is -0.545 e. The van der Waals surface area contributed by atoms with Crippen molar-refractivity contribution in [3.8, 4) is 6.07 Å². The third-order valence-electron chi connectivity index (χ3n) is 6.15. The van der Waals surface area contributed by atoms with Crippen molar-refractivity contribution in [2.24, 2.45) is 5.73 Å². The van der Waals surface area contributed by atoms with E-state index in [0.29, 0.717) is 17.2 Å². The lowest BCUT2D eigenvalue weighted by Gasteiger charge is -2.38. The number of halogens is 3.